The first-order valence-corrected chi connectivity index (χ1v) is 7.38. The summed E-state index contributed by atoms with van der Waals surface area (Å²) >= 11 is 0. The molecule has 22 heavy (non-hydrogen) atoms. The molecule has 0 spiro atoms. The zero-order chi connectivity index (χ0) is 16.2. The minimum atomic E-state index is -0.0560. The molecule has 0 aromatic rings. The van der Waals surface area contributed by atoms with Gasteiger partial charge in [0, 0.05) is 40.4 Å². The fourth-order valence-electron chi connectivity index (χ4n) is 1.99. The summed E-state index contributed by atoms with van der Waals surface area (Å²) in [5.74, 6) is -0.112. The molecule has 0 bridgehead atoms. The van der Waals surface area contributed by atoms with Crippen LogP contribution in [0.15, 0.2) is 0 Å². The topological polar surface area (TPSA) is 77.5 Å². The molecule has 1 fully saturated rings. The largest absolute Gasteiger partial charge is 0.382 e. The van der Waals surface area contributed by atoms with Crippen LogP contribution in [-0.4, -0.2) is 102 Å². The lowest BCUT2D eigenvalue weighted by Crippen LogP contribution is -2.52. The Morgan fingerprint density at radius 2 is 1.09 bits per heavy atom. The molecule has 8 nitrogen and oxygen atoms in total. The van der Waals surface area contributed by atoms with Crippen molar-refractivity contribution >= 4 is 11.8 Å². The first kappa shape index (κ1) is 18.8. The quantitative estimate of drug-likeness (QED) is 0.480. The summed E-state index contributed by atoms with van der Waals surface area (Å²) in [5, 5.41) is 0. The highest BCUT2D eigenvalue weighted by Crippen LogP contribution is 2.03. The van der Waals surface area contributed by atoms with Crippen LogP contribution >= 0.6 is 0 Å². The van der Waals surface area contributed by atoms with Crippen LogP contribution in [0.3, 0.4) is 0 Å². The Morgan fingerprint density at radius 3 is 1.41 bits per heavy atom. The number of amides is 2. The van der Waals surface area contributed by atoms with Gasteiger partial charge >= 0.3 is 0 Å². The normalized spacial score (nSPS) is 15.2. The van der Waals surface area contributed by atoms with Crippen LogP contribution in [0.5, 0.6) is 0 Å². The van der Waals surface area contributed by atoms with Crippen molar-refractivity contribution in [1.82, 2.24) is 9.80 Å². The Morgan fingerprint density at radius 1 is 0.727 bits per heavy atom. The number of piperazine rings is 1. The van der Waals surface area contributed by atoms with Gasteiger partial charge in [0.1, 0.15) is 13.2 Å². The summed E-state index contributed by atoms with van der Waals surface area (Å²) in [5.41, 5.74) is 0. The van der Waals surface area contributed by atoms with Crippen LogP contribution in [0.25, 0.3) is 0 Å². The Balaban J connectivity index is 2.16. The molecule has 0 atom stereocenters. The van der Waals surface area contributed by atoms with Crippen molar-refractivity contribution in [3.63, 3.8) is 0 Å². The SMILES string of the molecule is COCCOCC(=O)N1CCN(C(=O)COCCOC)CC1. The van der Waals surface area contributed by atoms with E-state index in [2.05, 4.69) is 0 Å². The van der Waals surface area contributed by atoms with Crippen molar-refractivity contribution in [2.24, 2.45) is 0 Å². The van der Waals surface area contributed by atoms with Gasteiger partial charge in [-0.05, 0) is 0 Å². The number of hydrogen-bond acceptors (Lipinski definition) is 6. The zero-order valence-corrected chi connectivity index (χ0v) is 13.4. The van der Waals surface area contributed by atoms with Gasteiger partial charge in [0.25, 0.3) is 0 Å². The molecule has 0 unspecified atom stereocenters. The van der Waals surface area contributed by atoms with E-state index in [0.29, 0.717) is 52.6 Å². The molecule has 1 aliphatic heterocycles. The van der Waals surface area contributed by atoms with Crippen LogP contribution in [0.1, 0.15) is 0 Å². The van der Waals surface area contributed by atoms with E-state index in [1.807, 2.05) is 0 Å². The fourth-order valence-corrected chi connectivity index (χ4v) is 1.99. The first-order valence-electron chi connectivity index (χ1n) is 7.38. The number of rotatable bonds is 10. The highest BCUT2D eigenvalue weighted by atomic mass is 16.5. The Labute approximate surface area is 131 Å². The number of carbonyl (C=O) groups excluding carboxylic acids is 2. The first-order chi connectivity index (χ1) is 10.7. The highest BCUT2D eigenvalue weighted by Gasteiger charge is 2.23. The van der Waals surface area contributed by atoms with Crippen molar-refractivity contribution in [3.05, 3.63) is 0 Å². The van der Waals surface area contributed by atoms with Gasteiger partial charge < -0.3 is 28.7 Å². The molecule has 1 saturated heterocycles. The summed E-state index contributed by atoms with van der Waals surface area (Å²) in [4.78, 5) is 27.2. The molecule has 128 valence electrons. The molecule has 0 saturated carbocycles. The second-order valence-corrected chi connectivity index (χ2v) is 4.85. The molecule has 1 rings (SSSR count). The van der Waals surface area contributed by atoms with Gasteiger partial charge in [0.05, 0.1) is 26.4 Å². The van der Waals surface area contributed by atoms with Crippen molar-refractivity contribution in [2.45, 2.75) is 0 Å². The predicted molar refractivity (Wildman–Crippen MR) is 78.6 cm³/mol. The average Bonchev–Trinajstić information content (AvgIpc) is 2.55. The van der Waals surface area contributed by atoms with Crippen molar-refractivity contribution < 1.29 is 28.5 Å². The summed E-state index contributed by atoms with van der Waals surface area (Å²) in [6.45, 7) is 3.95. The third-order valence-electron chi connectivity index (χ3n) is 3.30. The van der Waals surface area contributed by atoms with E-state index >= 15 is 0 Å². The van der Waals surface area contributed by atoms with Gasteiger partial charge in [-0.2, -0.15) is 0 Å². The molecule has 8 heteroatoms. The molecule has 0 aromatic heterocycles. The minimum Gasteiger partial charge on any atom is -0.382 e. The summed E-state index contributed by atoms with van der Waals surface area (Å²) in [6.07, 6.45) is 0. The van der Waals surface area contributed by atoms with Crippen molar-refractivity contribution in [2.75, 3.05) is 80.0 Å². The molecule has 1 heterocycles. The number of methoxy groups -OCH3 is 2. The van der Waals surface area contributed by atoms with E-state index in [1.165, 1.54) is 0 Å². The zero-order valence-electron chi connectivity index (χ0n) is 13.4. The number of nitrogens with zero attached hydrogens (tertiary/aromatic N) is 2. The van der Waals surface area contributed by atoms with Crippen LogP contribution in [-0.2, 0) is 28.5 Å². The standard InChI is InChI=1S/C14H26N2O6/c1-19-7-9-21-11-13(17)15-3-5-16(6-4-15)14(18)12-22-10-8-20-2/h3-12H2,1-2H3. The van der Waals surface area contributed by atoms with Crippen LogP contribution in [0, 0.1) is 0 Å². The van der Waals surface area contributed by atoms with Gasteiger partial charge in [0.2, 0.25) is 11.8 Å². The molecule has 1 aliphatic rings. The smallest absolute Gasteiger partial charge is 0.248 e. The maximum absolute atomic E-state index is 11.9. The van der Waals surface area contributed by atoms with Gasteiger partial charge in [-0.1, -0.05) is 0 Å². The van der Waals surface area contributed by atoms with Crippen molar-refractivity contribution in [1.29, 1.82) is 0 Å². The number of ether oxygens (including phenoxy) is 4. The van der Waals surface area contributed by atoms with E-state index in [0.717, 1.165) is 0 Å². The third-order valence-corrected chi connectivity index (χ3v) is 3.30. The van der Waals surface area contributed by atoms with Gasteiger partial charge in [-0.25, -0.2) is 0 Å². The van der Waals surface area contributed by atoms with Crippen molar-refractivity contribution in [3.8, 4) is 0 Å². The second-order valence-electron chi connectivity index (χ2n) is 4.85. The second kappa shape index (κ2) is 11.4. The van der Waals surface area contributed by atoms with Crippen LogP contribution in [0.2, 0.25) is 0 Å². The van der Waals surface area contributed by atoms with Gasteiger partial charge in [-0.3, -0.25) is 9.59 Å². The lowest BCUT2D eigenvalue weighted by atomic mass is 10.3. The molecule has 0 N–H and O–H groups in total. The molecule has 0 radical (unpaired) electrons. The lowest BCUT2D eigenvalue weighted by molar-refractivity contribution is -0.145. The monoisotopic (exact) mass is 318 g/mol. The summed E-state index contributed by atoms with van der Waals surface area (Å²) in [7, 11) is 3.17. The van der Waals surface area contributed by atoms with E-state index in [1.54, 1.807) is 24.0 Å². The highest BCUT2D eigenvalue weighted by molar-refractivity contribution is 5.79. The van der Waals surface area contributed by atoms with Gasteiger partial charge in [-0.15, -0.1) is 0 Å². The van der Waals surface area contributed by atoms with Crippen LogP contribution < -0.4 is 0 Å². The summed E-state index contributed by atoms with van der Waals surface area (Å²) < 4.78 is 20.1. The number of hydrogen-bond donors (Lipinski definition) is 0. The van der Waals surface area contributed by atoms with E-state index < -0.39 is 0 Å². The van der Waals surface area contributed by atoms with Gasteiger partial charge in [0.15, 0.2) is 0 Å². The average molecular weight is 318 g/mol. The molecular formula is C14H26N2O6. The molecular weight excluding hydrogens is 292 g/mol. The fraction of sp³-hybridized carbons (Fsp3) is 0.857. The Bertz CT molecular complexity index is 299. The van der Waals surface area contributed by atoms with E-state index in [9.17, 15) is 9.59 Å². The Hall–Kier alpha value is -1.22. The number of carbonyl (C=O) groups is 2. The van der Waals surface area contributed by atoms with E-state index in [-0.39, 0.29) is 25.0 Å². The third kappa shape index (κ3) is 7.17. The Kier molecular flexibility index (Phi) is 9.72. The maximum Gasteiger partial charge on any atom is 0.248 e. The van der Waals surface area contributed by atoms with Crippen LogP contribution in [0.4, 0.5) is 0 Å². The maximum atomic E-state index is 11.9. The minimum absolute atomic E-state index is 0.0530. The lowest BCUT2D eigenvalue weighted by Gasteiger charge is -2.34. The van der Waals surface area contributed by atoms with E-state index in [4.69, 9.17) is 18.9 Å². The molecule has 0 aliphatic carbocycles. The summed E-state index contributed by atoms with van der Waals surface area (Å²) in [6, 6.07) is 0. The predicted octanol–water partition coefficient (Wildman–Crippen LogP) is -1.02. The molecule has 0 aromatic carbocycles. The molecule has 2 amide bonds.